The van der Waals surface area contributed by atoms with Crippen LogP contribution in [0.5, 0.6) is 0 Å². The van der Waals surface area contributed by atoms with Gasteiger partial charge in [0.05, 0.1) is 19.8 Å². The third-order valence-electron chi connectivity index (χ3n) is 11.2. The highest BCUT2D eigenvalue weighted by molar-refractivity contribution is 5.69. The number of ether oxygens (including phenoxy) is 4. The number of aliphatic hydroxyl groups is 4. The minimum absolute atomic E-state index is 0.120. The van der Waals surface area contributed by atoms with Gasteiger partial charge in [-0.25, -0.2) is 0 Å². The molecule has 0 aromatic rings. The molecule has 1 aliphatic rings. The fraction of sp³-hybridized carbons (Fsp3) is 0.824. The van der Waals surface area contributed by atoms with Gasteiger partial charge in [0.25, 0.3) is 0 Å². The van der Waals surface area contributed by atoms with Crippen LogP contribution in [0.4, 0.5) is 0 Å². The van der Waals surface area contributed by atoms with E-state index in [1.54, 1.807) is 0 Å². The Morgan fingerprint density at radius 2 is 0.967 bits per heavy atom. The van der Waals surface area contributed by atoms with Crippen LogP contribution in [0.2, 0.25) is 0 Å². The molecule has 1 saturated heterocycles. The zero-order valence-corrected chi connectivity index (χ0v) is 38.5. The Bertz CT molecular complexity index is 1060. The van der Waals surface area contributed by atoms with Crippen molar-refractivity contribution in [2.45, 2.75) is 243 Å². The summed E-state index contributed by atoms with van der Waals surface area (Å²) in [6, 6.07) is 0. The fourth-order valence-corrected chi connectivity index (χ4v) is 7.32. The zero-order chi connectivity index (χ0) is 43.6. The van der Waals surface area contributed by atoms with Crippen LogP contribution in [-0.4, -0.2) is 89.6 Å². The maximum atomic E-state index is 12.8. The third-order valence-corrected chi connectivity index (χ3v) is 11.2. The summed E-state index contributed by atoms with van der Waals surface area (Å²) in [5, 5.41) is 40.2. The molecule has 6 unspecified atom stereocenters. The van der Waals surface area contributed by atoms with Crippen LogP contribution in [0.25, 0.3) is 0 Å². The highest BCUT2D eigenvalue weighted by Gasteiger charge is 2.44. The van der Waals surface area contributed by atoms with Gasteiger partial charge in [-0.3, -0.25) is 4.79 Å². The molecule has 0 saturated carbocycles. The number of hydrogen-bond donors (Lipinski definition) is 4. The number of unbranched alkanes of at least 4 members (excludes halogenated alkanes) is 23. The van der Waals surface area contributed by atoms with E-state index in [2.05, 4.69) is 62.5 Å². The third kappa shape index (κ3) is 32.8. The summed E-state index contributed by atoms with van der Waals surface area (Å²) < 4.78 is 22.9. The summed E-state index contributed by atoms with van der Waals surface area (Å²) in [6.07, 6.45) is 45.6. The summed E-state index contributed by atoms with van der Waals surface area (Å²) in [5.41, 5.74) is 0. The van der Waals surface area contributed by atoms with E-state index < -0.39 is 43.4 Å². The quantitative estimate of drug-likeness (QED) is 0.0269. The maximum absolute atomic E-state index is 12.8. The van der Waals surface area contributed by atoms with Crippen molar-refractivity contribution in [3.05, 3.63) is 48.6 Å². The Hall–Kier alpha value is -1.85. The number of allylic oxidation sites excluding steroid dienone is 8. The van der Waals surface area contributed by atoms with E-state index in [4.69, 9.17) is 18.9 Å². The lowest BCUT2D eigenvalue weighted by Gasteiger charge is -2.39. The molecule has 6 atom stereocenters. The Morgan fingerprint density at radius 3 is 1.47 bits per heavy atom. The minimum atomic E-state index is -1.54. The SMILES string of the molecule is CCCCC/C=C\C/C=C\CCCCCCCCOCC(COC1OC(CO)C(O)C(O)C1O)OC(=O)CCCCCCCCCCC/C=C\C/C=C\CCCCCCC. The van der Waals surface area contributed by atoms with Crippen molar-refractivity contribution in [1.82, 2.24) is 0 Å². The van der Waals surface area contributed by atoms with E-state index >= 15 is 0 Å². The first-order valence-electron chi connectivity index (χ1n) is 24.7. The number of rotatable bonds is 42. The van der Waals surface area contributed by atoms with Gasteiger partial charge >= 0.3 is 5.97 Å². The predicted octanol–water partition coefficient (Wildman–Crippen LogP) is 11.7. The smallest absolute Gasteiger partial charge is 0.306 e. The molecule has 0 aromatic heterocycles. The molecule has 0 radical (unpaired) electrons. The molecule has 0 spiro atoms. The summed E-state index contributed by atoms with van der Waals surface area (Å²) in [5.74, 6) is -0.322. The molecule has 1 rings (SSSR count). The van der Waals surface area contributed by atoms with Gasteiger partial charge in [-0.1, -0.05) is 172 Å². The van der Waals surface area contributed by atoms with Gasteiger partial charge in [-0.15, -0.1) is 0 Å². The van der Waals surface area contributed by atoms with Crippen molar-refractivity contribution in [2.24, 2.45) is 0 Å². The largest absolute Gasteiger partial charge is 0.457 e. The van der Waals surface area contributed by atoms with E-state index in [9.17, 15) is 25.2 Å². The van der Waals surface area contributed by atoms with Gasteiger partial charge in [0.15, 0.2) is 6.29 Å². The normalized spacial score (nSPS) is 20.4. The van der Waals surface area contributed by atoms with E-state index in [1.807, 2.05) is 0 Å². The van der Waals surface area contributed by atoms with Crippen LogP contribution in [0.1, 0.15) is 206 Å². The van der Waals surface area contributed by atoms with Crippen molar-refractivity contribution in [1.29, 1.82) is 0 Å². The summed E-state index contributed by atoms with van der Waals surface area (Å²) in [4.78, 5) is 12.8. The monoisotopic (exact) mass is 849 g/mol. The first-order chi connectivity index (χ1) is 29.4. The molecule has 0 aliphatic carbocycles. The number of carbonyl (C=O) groups excluding carboxylic acids is 1. The molecule has 9 heteroatoms. The lowest BCUT2D eigenvalue weighted by Crippen LogP contribution is -2.59. The molecule has 350 valence electrons. The van der Waals surface area contributed by atoms with Crippen LogP contribution in [-0.2, 0) is 23.7 Å². The summed E-state index contributed by atoms with van der Waals surface area (Å²) >= 11 is 0. The van der Waals surface area contributed by atoms with Crippen molar-refractivity contribution in [2.75, 3.05) is 26.4 Å². The van der Waals surface area contributed by atoms with Crippen LogP contribution in [0, 0.1) is 0 Å². The van der Waals surface area contributed by atoms with Gasteiger partial charge in [-0.2, -0.15) is 0 Å². The summed E-state index contributed by atoms with van der Waals surface area (Å²) in [7, 11) is 0. The van der Waals surface area contributed by atoms with E-state index in [0.29, 0.717) is 13.0 Å². The van der Waals surface area contributed by atoms with E-state index in [1.165, 1.54) is 128 Å². The Kier molecular flexibility index (Phi) is 39.7. The van der Waals surface area contributed by atoms with Gasteiger partial charge < -0.3 is 39.4 Å². The van der Waals surface area contributed by atoms with Crippen LogP contribution >= 0.6 is 0 Å². The maximum Gasteiger partial charge on any atom is 0.306 e. The lowest BCUT2D eigenvalue weighted by molar-refractivity contribution is -0.305. The molecule has 1 aliphatic heterocycles. The first-order valence-corrected chi connectivity index (χ1v) is 24.7. The standard InChI is InChI=1S/C51H92O9/c1-3-5-7-9-11-13-15-17-19-21-22-23-24-25-26-28-30-32-34-36-38-40-47(53)59-45(44-58-51-50(56)49(55)48(54)46(42-52)60-51)43-57-41-39-37-35-33-31-29-27-20-18-16-14-12-10-8-6-4-2/h12,14-15,17-18,20-22,45-46,48-52,54-56H,3-11,13,16,19,23-44H2,1-2H3/b14-12-,17-15-,20-18-,22-21-. The number of hydrogen-bond acceptors (Lipinski definition) is 9. The number of aliphatic hydroxyl groups excluding tert-OH is 4. The number of carbonyl (C=O) groups is 1. The Balaban J connectivity index is 2.23. The molecule has 1 fully saturated rings. The zero-order valence-electron chi connectivity index (χ0n) is 38.5. The van der Waals surface area contributed by atoms with Crippen molar-refractivity contribution in [3.63, 3.8) is 0 Å². The predicted molar refractivity (Wildman–Crippen MR) is 247 cm³/mol. The molecular formula is C51H92O9. The highest BCUT2D eigenvalue weighted by Crippen LogP contribution is 2.22. The molecule has 9 nitrogen and oxygen atoms in total. The summed E-state index contributed by atoms with van der Waals surface area (Å²) in [6.45, 7) is 4.51. The molecular weight excluding hydrogens is 757 g/mol. The average molecular weight is 849 g/mol. The van der Waals surface area contributed by atoms with E-state index in [-0.39, 0.29) is 19.2 Å². The Labute approximate surface area is 367 Å². The Morgan fingerprint density at radius 1 is 0.533 bits per heavy atom. The molecule has 60 heavy (non-hydrogen) atoms. The van der Waals surface area contributed by atoms with Crippen LogP contribution in [0.3, 0.4) is 0 Å². The molecule has 4 N–H and O–H groups in total. The topological polar surface area (TPSA) is 135 Å². The van der Waals surface area contributed by atoms with Crippen molar-refractivity contribution >= 4 is 5.97 Å². The minimum Gasteiger partial charge on any atom is -0.457 e. The van der Waals surface area contributed by atoms with Gasteiger partial charge in [0.2, 0.25) is 0 Å². The van der Waals surface area contributed by atoms with E-state index in [0.717, 1.165) is 57.8 Å². The average Bonchev–Trinajstić information content (AvgIpc) is 3.25. The first kappa shape index (κ1) is 56.2. The highest BCUT2D eigenvalue weighted by atomic mass is 16.7. The van der Waals surface area contributed by atoms with Gasteiger partial charge in [0, 0.05) is 13.0 Å². The molecule has 0 amide bonds. The van der Waals surface area contributed by atoms with Crippen molar-refractivity contribution in [3.8, 4) is 0 Å². The van der Waals surface area contributed by atoms with Crippen molar-refractivity contribution < 1.29 is 44.2 Å². The van der Waals surface area contributed by atoms with Gasteiger partial charge in [-0.05, 0) is 77.0 Å². The second-order valence-electron chi connectivity index (χ2n) is 16.9. The fourth-order valence-electron chi connectivity index (χ4n) is 7.32. The molecule has 1 heterocycles. The molecule has 0 aromatic carbocycles. The van der Waals surface area contributed by atoms with Crippen LogP contribution < -0.4 is 0 Å². The second-order valence-corrected chi connectivity index (χ2v) is 16.9. The van der Waals surface area contributed by atoms with Crippen LogP contribution in [0.15, 0.2) is 48.6 Å². The van der Waals surface area contributed by atoms with Gasteiger partial charge in [0.1, 0.15) is 30.5 Å². The second kappa shape index (κ2) is 42.5. The lowest BCUT2D eigenvalue weighted by atomic mass is 9.99. The molecule has 0 bridgehead atoms. The number of esters is 1.